The molecule has 1 amide bonds. The van der Waals surface area contributed by atoms with Gasteiger partial charge in [0.2, 0.25) is 0 Å². The molecule has 0 unspecified atom stereocenters. The smallest absolute Gasteiger partial charge is 0.418 e. The Labute approximate surface area is 129 Å². The summed E-state index contributed by atoms with van der Waals surface area (Å²) in [5.41, 5.74) is -0.901. The van der Waals surface area contributed by atoms with Crippen LogP contribution in [-0.2, 0) is 6.18 Å². The number of piperidine rings is 1. The molecule has 23 heavy (non-hydrogen) atoms. The van der Waals surface area contributed by atoms with Gasteiger partial charge in [0.1, 0.15) is 0 Å². The van der Waals surface area contributed by atoms with Crippen molar-refractivity contribution in [1.82, 2.24) is 9.88 Å². The van der Waals surface area contributed by atoms with Crippen molar-refractivity contribution in [1.29, 1.82) is 0 Å². The van der Waals surface area contributed by atoms with Gasteiger partial charge in [-0.3, -0.25) is 0 Å². The molecule has 9 heteroatoms. The van der Waals surface area contributed by atoms with Crippen molar-refractivity contribution < 1.29 is 32.5 Å². The van der Waals surface area contributed by atoms with Gasteiger partial charge in [0, 0.05) is 25.2 Å². The van der Waals surface area contributed by atoms with Crippen molar-refractivity contribution in [3.05, 3.63) is 17.8 Å². The Hall–Kier alpha value is -2.19. The van der Waals surface area contributed by atoms with E-state index in [1.165, 1.54) is 12.0 Å². The summed E-state index contributed by atoms with van der Waals surface area (Å²) in [5.74, 6) is 0.663. The van der Waals surface area contributed by atoms with Crippen LogP contribution in [0.5, 0.6) is 11.6 Å². The van der Waals surface area contributed by atoms with Crippen LogP contribution in [0, 0.1) is 17.8 Å². The van der Waals surface area contributed by atoms with E-state index in [0.717, 1.165) is 6.07 Å². The number of hydrogen-bond donors (Lipinski definition) is 1. The van der Waals surface area contributed by atoms with E-state index in [4.69, 9.17) is 14.6 Å². The molecule has 1 aliphatic carbocycles. The van der Waals surface area contributed by atoms with Gasteiger partial charge in [0.15, 0.2) is 5.75 Å². The van der Waals surface area contributed by atoms with Crippen molar-refractivity contribution in [2.75, 3.05) is 26.8 Å². The minimum atomic E-state index is -4.49. The third-order valence-electron chi connectivity index (χ3n) is 4.42. The van der Waals surface area contributed by atoms with Crippen LogP contribution in [-0.4, -0.2) is 47.9 Å². The van der Waals surface area contributed by atoms with Gasteiger partial charge in [0.25, 0.3) is 5.88 Å². The summed E-state index contributed by atoms with van der Waals surface area (Å²) in [7, 11) is 1.25. The lowest BCUT2D eigenvalue weighted by molar-refractivity contribution is -0.138. The molecule has 0 bridgehead atoms. The lowest BCUT2D eigenvalue weighted by Crippen LogP contribution is -2.30. The van der Waals surface area contributed by atoms with Crippen LogP contribution in [0.1, 0.15) is 5.56 Å². The number of hydrogen-bond acceptors (Lipinski definition) is 4. The average Bonchev–Trinajstić information content (AvgIpc) is 2.93. The highest BCUT2D eigenvalue weighted by Gasteiger charge is 2.57. The fourth-order valence-electron chi connectivity index (χ4n) is 3.07. The quantitative estimate of drug-likeness (QED) is 0.916. The van der Waals surface area contributed by atoms with Gasteiger partial charge in [-0.15, -0.1) is 0 Å². The summed E-state index contributed by atoms with van der Waals surface area (Å²) in [6.07, 6.45) is -4.72. The summed E-state index contributed by atoms with van der Waals surface area (Å²) in [6, 6.07) is 0.849. The molecule has 6 nitrogen and oxygen atoms in total. The number of carboxylic acid groups (broad SMARTS) is 1. The Morgan fingerprint density at radius 3 is 2.61 bits per heavy atom. The fraction of sp³-hybridized carbons (Fsp3) is 0.571. The van der Waals surface area contributed by atoms with Crippen LogP contribution in [0.4, 0.5) is 18.0 Å². The number of halogens is 3. The van der Waals surface area contributed by atoms with E-state index in [9.17, 15) is 18.0 Å². The molecule has 1 aliphatic heterocycles. The number of likely N-dealkylation sites (tertiary alicyclic amines) is 1. The van der Waals surface area contributed by atoms with E-state index in [0.29, 0.717) is 19.3 Å². The van der Waals surface area contributed by atoms with E-state index in [1.54, 1.807) is 0 Å². The number of amides is 1. The number of alkyl halides is 3. The zero-order chi connectivity index (χ0) is 16.8. The van der Waals surface area contributed by atoms with Crippen LogP contribution in [0.25, 0.3) is 0 Å². The lowest BCUT2D eigenvalue weighted by atomic mass is 10.2. The Bertz CT molecular complexity index is 611. The molecule has 1 aromatic heterocycles. The van der Waals surface area contributed by atoms with Crippen molar-refractivity contribution in [3.8, 4) is 11.6 Å². The molecular weight excluding hydrogens is 317 g/mol. The SMILES string of the molecule is COc1cc(C(F)(F)F)cnc1OC[C@H]1[C@H]2CN(C(=O)O)C[C@@H]12. The largest absolute Gasteiger partial charge is 0.491 e. The minimum Gasteiger partial charge on any atom is -0.491 e. The Morgan fingerprint density at radius 1 is 1.43 bits per heavy atom. The maximum absolute atomic E-state index is 12.6. The van der Waals surface area contributed by atoms with Crippen LogP contribution >= 0.6 is 0 Å². The number of methoxy groups -OCH3 is 1. The first-order valence-corrected chi connectivity index (χ1v) is 7.03. The predicted octanol–water partition coefficient (Wildman–Crippen LogP) is 2.34. The van der Waals surface area contributed by atoms with E-state index >= 15 is 0 Å². The summed E-state index contributed by atoms with van der Waals surface area (Å²) in [6.45, 7) is 1.24. The fourth-order valence-corrected chi connectivity index (χ4v) is 3.07. The van der Waals surface area contributed by atoms with Crippen molar-refractivity contribution >= 4 is 6.09 Å². The highest BCUT2D eigenvalue weighted by molar-refractivity contribution is 5.65. The second kappa shape index (κ2) is 5.47. The molecule has 126 valence electrons. The molecule has 1 saturated carbocycles. The summed E-state index contributed by atoms with van der Waals surface area (Å²) in [5, 5.41) is 8.88. The molecule has 2 heterocycles. The van der Waals surface area contributed by atoms with Gasteiger partial charge in [-0.05, 0) is 17.9 Å². The molecule has 2 fully saturated rings. The Morgan fingerprint density at radius 2 is 2.09 bits per heavy atom. The highest BCUT2D eigenvalue weighted by atomic mass is 19.4. The molecule has 1 N–H and O–H groups in total. The Balaban J connectivity index is 1.59. The zero-order valence-electron chi connectivity index (χ0n) is 12.2. The summed E-state index contributed by atoms with van der Waals surface area (Å²) < 4.78 is 48.3. The van der Waals surface area contributed by atoms with Crippen LogP contribution in [0.2, 0.25) is 0 Å². The van der Waals surface area contributed by atoms with Gasteiger partial charge in [-0.2, -0.15) is 13.2 Å². The van der Waals surface area contributed by atoms with E-state index in [1.807, 2.05) is 0 Å². The number of aromatic nitrogens is 1. The van der Waals surface area contributed by atoms with Gasteiger partial charge in [-0.25, -0.2) is 9.78 Å². The molecule has 3 rings (SSSR count). The van der Waals surface area contributed by atoms with E-state index in [2.05, 4.69) is 4.98 Å². The topological polar surface area (TPSA) is 71.9 Å². The molecule has 1 aromatic rings. The molecule has 0 radical (unpaired) electrons. The average molecular weight is 332 g/mol. The van der Waals surface area contributed by atoms with Gasteiger partial charge in [0.05, 0.1) is 19.3 Å². The molecular formula is C14H15F3N2O4. The molecule has 3 atom stereocenters. The van der Waals surface area contributed by atoms with E-state index < -0.39 is 17.8 Å². The van der Waals surface area contributed by atoms with Crippen LogP contribution in [0.3, 0.4) is 0 Å². The van der Waals surface area contributed by atoms with Crippen molar-refractivity contribution in [2.24, 2.45) is 17.8 Å². The standard InChI is InChI=1S/C14H15F3N2O4/c1-22-11-2-7(14(15,16)17)3-18-12(11)23-6-10-8-4-19(13(20)21)5-9(8)10/h2-3,8-10H,4-6H2,1H3,(H,20,21)/t8-,9+,10-. The molecule has 0 aromatic carbocycles. The molecule has 2 aliphatic rings. The third kappa shape index (κ3) is 2.99. The highest BCUT2D eigenvalue weighted by Crippen LogP contribution is 2.51. The molecule has 0 spiro atoms. The maximum Gasteiger partial charge on any atom is 0.418 e. The Kier molecular flexibility index (Phi) is 3.73. The summed E-state index contributed by atoms with van der Waals surface area (Å²) >= 11 is 0. The number of nitrogens with zero attached hydrogens (tertiary/aromatic N) is 2. The monoisotopic (exact) mass is 332 g/mol. The van der Waals surface area contributed by atoms with Crippen molar-refractivity contribution in [2.45, 2.75) is 6.18 Å². The van der Waals surface area contributed by atoms with Crippen molar-refractivity contribution in [3.63, 3.8) is 0 Å². The number of fused-ring (bicyclic) bond motifs is 1. The van der Waals surface area contributed by atoms with Crippen LogP contribution < -0.4 is 9.47 Å². The van der Waals surface area contributed by atoms with Gasteiger partial charge in [-0.1, -0.05) is 0 Å². The first-order valence-electron chi connectivity index (χ1n) is 7.03. The van der Waals surface area contributed by atoms with Crippen LogP contribution in [0.15, 0.2) is 12.3 Å². The minimum absolute atomic E-state index is 0.0144. The number of rotatable bonds is 4. The lowest BCUT2D eigenvalue weighted by Gasteiger charge is -2.16. The first-order chi connectivity index (χ1) is 10.8. The number of ether oxygens (including phenoxy) is 2. The number of carbonyl (C=O) groups is 1. The molecule has 1 saturated heterocycles. The zero-order valence-corrected chi connectivity index (χ0v) is 12.2. The first kappa shape index (κ1) is 15.7. The third-order valence-corrected chi connectivity index (χ3v) is 4.42. The van der Waals surface area contributed by atoms with Gasteiger partial charge >= 0.3 is 12.3 Å². The summed E-state index contributed by atoms with van der Waals surface area (Å²) in [4.78, 5) is 15.9. The number of pyridine rings is 1. The van der Waals surface area contributed by atoms with E-state index in [-0.39, 0.29) is 36.0 Å². The second-order valence-corrected chi connectivity index (χ2v) is 5.72. The predicted molar refractivity (Wildman–Crippen MR) is 71.4 cm³/mol. The second-order valence-electron chi connectivity index (χ2n) is 5.72. The normalized spacial score (nSPS) is 25.9. The van der Waals surface area contributed by atoms with Gasteiger partial charge < -0.3 is 19.5 Å². The maximum atomic E-state index is 12.6.